The second-order valence-corrected chi connectivity index (χ2v) is 14.9. The molecule has 11 atom stereocenters. The predicted molar refractivity (Wildman–Crippen MR) is 153 cm³/mol. The Balaban J connectivity index is 1.34. The molecular formula is C33H47NO9. The topological polar surface area (TPSA) is 166 Å². The number of carbonyl (C=O) groups is 2. The quantitative estimate of drug-likeness (QED) is 0.108. The molecule has 0 aromatic heterocycles. The van der Waals surface area contributed by atoms with E-state index in [0.717, 1.165) is 43.2 Å². The monoisotopic (exact) mass is 601 g/mol. The number of ether oxygens (including phenoxy) is 2. The Bertz CT molecular complexity index is 1250. The molecule has 0 unspecified atom stereocenters. The van der Waals surface area contributed by atoms with Crippen LogP contribution in [-0.4, -0.2) is 99.2 Å². The fourth-order valence-electron chi connectivity index (χ4n) is 11.7. The van der Waals surface area contributed by atoms with E-state index in [0.29, 0.717) is 45.3 Å². The van der Waals surface area contributed by atoms with Gasteiger partial charge >= 0.3 is 5.97 Å². The van der Waals surface area contributed by atoms with E-state index in [-0.39, 0.29) is 43.5 Å². The number of esters is 1. The maximum atomic E-state index is 13.2. The molecule has 0 saturated heterocycles. The van der Waals surface area contributed by atoms with E-state index in [1.54, 1.807) is 13.2 Å². The minimum Gasteiger partial charge on any atom is -0.447 e. The molecule has 6 N–H and O–H groups in total. The van der Waals surface area contributed by atoms with Crippen LogP contribution < -0.4 is 5.32 Å². The molecule has 7 aliphatic rings. The number of carbonyl (C=O) groups excluding carboxylic acids is 2. The van der Waals surface area contributed by atoms with E-state index < -0.39 is 51.4 Å². The van der Waals surface area contributed by atoms with Crippen molar-refractivity contribution in [1.82, 2.24) is 5.32 Å². The van der Waals surface area contributed by atoms with Gasteiger partial charge in [0.15, 0.2) is 5.60 Å². The van der Waals surface area contributed by atoms with Crippen molar-refractivity contribution < 1.29 is 44.6 Å². The highest BCUT2D eigenvalue weighted by Crippen LogP contribution is 2.76. The van der Waals surface area contributed by atoms with Gasteiger partial charge < -0.3 is 45.1 Å². The molecule has 0 aromatic rings. The van der Waals surface area contributed by atoms with Crippen molar-refractivity contribution in [2.24, 2.45) is 28.6 Å². The summed E-state index contributed by atoms with van der Waals surface area (Å²) >= 11 is 0. The van der Waals surface area contributed by atoms with Gasteiger partial charge in [0, 0.05) is 50.5 Å². The Morgan fingerprint density at radius 1 is 1.07 bits per heavy atom. The lowest BCUT2D eigenvalue weighted by atomic mass is 9.38. The number of allylic oxidation sites excluding steroid dienone is 1. The van der Waals surface area contributed by atoms with Crippen molar-refractivity contribution in [3.05, 3.63) is 23.3 Å². The van der Waals surface area contributed by atoms with E-state index in [4.69, 9.17) is 9.47 Å². The van der Waals surface area contributed by atoms with Crippen LogP contribution in [0.4, 0.5) is 0 Å². The molecule has 2 bridgehead atoms. The Hall–Kier alpha value is -1.66. The van der Waals surface area contributed by atoms with Crippen LogP contribution in [-0.2, 0) is 19.1 Å². The van der Waals surface area contributed by atoms with Crippen LogP contribution in [0.15, 0.2) is 23.3 Å². The first-order valence-electron chi connectivity index (χ1n) is 16.3. The van der Waals surface area contributed by atoms with Gasteiger partial charge in [0.25, 0.3) is 0 Å². The summed E-state index contributed by atoms with van der Waals surface area (Å²) in [6.45, 7) is 1.88. The summed E-state index contributed by atoms with van der Waals surface area (Å²) in [6, 6.07) is 0. The SMILES string of the molecule is COCCCNCC1=C[C@@H]2C[C@@]3(O)[C@]4(CCCC[C@@]15OC(=O)C=C5[C@@H]24)CC[C@H]1[C@@]3(O)[C@@H](O)C[C@]2(O)C[C@@H](O)CC[C@]12C=O. The zero-order valence-electron chi connectivity index (χ0n) is 25.1. The zero-order chi connectivity index (χ0) is 30.5. The van der Waals surface area contributed by atoms with Crippen LogP contribution in [0.3, 0.4) is 0 Å². The van der Waals surface area contributed by atoms with Crippen molar-refractivity contribution in [2.45, 2.75) is 112 Å². The number of aliphatic hydroxyl groups is 5. The summed E-state index contributed by atoms with van der Waals surface area (Å²) in [5.74, 6) is -1.74. The van der Waals surface area contributed by atoms with Crippen LogP contribution in [0.25, 0.3) is 0 Å². The minimum atomic E-state index is -2.06. The van der Waals surface area contributed by atoms with Crippen molar-refractivity contribution in [1.29, 1.82) is 0 Å². The highest BCUT2D eigenvalue weighted by Gasteiger charge is 2.82. The molecule has 10 nitrogen and oxygen atoms in total. The normalized spacial score (nSPS) is 51.5. The van der Waals surface area contributed by atoms with Crippen LogP contribution in [0, 0.1) is 28.6 Å². The Morgan fingerprint density at radius 2 is 1.86 bits per heavy atom. The lowest BCUT2D eigenvalue weighted by molar-refractivity contribution is -0.349. The van der Waals surface area contributed by atoms with E-state index in [9.17, 15) is 35.1 Å². The summed E-state index contributed by atoms with van der Waals surface area (Å²) < 4.78 is 11.4. The molecule has 5 saturated carbocycles. The maximum Gasteiger partial charge on any atom is 0.332 e. The predicted octanol–water partition coefficient (Wildman–Crippen LogP) is 1.07. The van der Waals surface area contributed by atoms with Gasteiger partial charge in [0.2, 0.25) is 0 Å². The van der Waals surface area contributed by atoms with Gasteiger partial charge in [0.1, 0.15) is 17.5 Å². The van der Waals surface area contributed by atoms with Gasteiger partial charge in [-0.2, -0.15) is 0 Å². The lowest BCUT2D eigenvalue weighted by Gasteiger charge is -2.70. The molecule has 43 heavy (non-hydrogen) atoms. The summed E-state index contributed by atoms with van der Waals surface area (Å²) in [5.41, 5.74) is -6.80. The van der Waals surface area contributed by atoms with Gasteiger partial charge in [-0.05, 0) is 87.3 Å². The molecule has 0 amide bonds. The number of fused-ring (bicyclic) bond motifs is 4. The van der Waals surface area contributed by atoms with Gasteiger partial charge in [-0.1, -0.05) is 12.5 Å². The third-order valence-corrected chi connectivity index (χ3v) is 13.4. The molecule has 1 aliphatic heterocycles. The van der Waals surface area contributed by atoms with Crippen molar-refractivity contribution in [3.8, 4) is 0 Å². The molecule has 1 heterocycles. The van der Waals surface area contributed by atoms with Crippen LogP contribution in [0.5, 0.6) is 0 Å². The second kappa shape index (κ2) is 9.92. The van der Waals surface area contributed by atoms with Gasteiger partial charge in [-0.25, -0.2) is 4.79 Å². The summed E-state index contributed by atoms with van der Waals surface area (Å²) in [4.78, 5) is 26.1. The highest BCUT2D eigenvalue weighted by atomic mass is 16.6. The standard InChI is InChI=1S/C33H47NO9/c1-42-12-4-11-34-18-21-13-20-15-32(40)28(7-2-3-8-31(21)23(27(20)28)14-26(38)43-31)10-6-24-29(19-35)9-5-22(36)16-30(29,39)17-25(37)33(24,32)41/h13-14,19-20,22,24-25,27,34,36-37,39-41H,2-12,15-18H2,1H3/t20-,22+,24-,25+,27-,28-,29+,30-,31-,32-,33-/m1/s1. The van der Waals surface area contributed by atoms with E-state index in [2.05, 4.69) is 11.4 Å². The fraction of sp³-hybridized carbons (Fsp3) is 0.818. The van der Waals surface area contributed by atoms with E-state index in [1.165, 1.54) is 0 Å². The number of aldehydes is 1. The molecule has 5 fully saturated rings. The average Bonchev–Trinajstić information content (AvgIpc) is 3.41. The molecule has 7 rings (SSSR count). The Labute approximate surface area is 252 Å². The first-order valence-corrected chi connectivity index (χ1v) is 16.3. The van der Waals surface area contributed by atoms with Crippen molar-refractivity contribution >= 4 is 12.3 Å². The maximum absolute atomic E-state index is 13.2. The highest BCUT2D eigenvalue weighted by molar-refractivity contribution is 5.88. The van der Waals surface area contributed by atoms with Crippen molar-refractivity contribution in [2.75, 3.05) is 26.8 Å². The molecule has 10 heteroatoms. The second-order valence-electron chi connectivity index (χ2n) is 14.9. The number of hydrogen-bond acceptors (Lipinski definition) is 10. The molecule has 6 aliphatic carbocycles. The van der Waals surface area contributed by atoms with Crippen LogP contribution >= 0.6 is 0 Å². The first-order chi connectivity index (χ1) is 20.5. The molecule has 1 spiro atoms. The molecule has 0 aromatic carbocycles. The molecule has 0 radical (unpaired) electrons. The Morgan fingerprint density at radius 3 is 2.63 bits per heavy atom. The molecular weight excluding hydrogens is 554 g/mol. The largest absolute Gasteiger partial charge is 0.447 e. The van der Waals surface area contributed by atoms with E-state index >= 15 is 0 Å². The van der Waals surface area contributed by atoms with Crippen LogP contribution in [0.1, 0.15) is 77.0 Å². The average molecular weight is 602 g/mol. The smallest absolute Gasteiger partial charge is 0.332 e. The summed E-state index contributed by atoms with van der Waals surface area (Å²) in [6.07, 6.45) is 6.97. The lowest BCUT2D eigenvalue weighted by Crippen LogP contribution is -2.81. The number of methoxy groups -OCH3 is 1. The number of hydrogen-bond donors (Lipinski definition) is 6. The summed E-state index contributed by atoms with van der Waals surface area (Å²) in [5, 5.41) is 63.7. The zero-order valence-corrected chi connectivity index (χ0v) is 25.1. The number of aliphatic hydroxyl groups excluding tert-OH is 2. The first kappa shape index (κ1) is 30.0. The Kier molecular flexibility index (Phi) is 6.92. The van der Waals surface area contributed by atoms with Crippen molar-refractivity contribution in [3.63, 3.8) is 0 Å². The number of nitrogens with one attached hydrogen (secondary N) is 1. The molecule has 238 valence electrons. The fourth-order valence-corrected chi connectivity index (χ4v) is 11.7. The van der Waals surface area contributed by atoms with Gasteiger partial charge in [-0.15, -0.1) is 0 Å². The van der Waals surface area contributed by atoms with Gasteiger partial charge in [0.05, 0.1) is 23.2 Å². The van der Waals surface area contributed by atoms with E-state index in [1.807, 2.05) is 0 Å². The number of rotatable bonds is 7. The third kappa shape index (κ3) is 3.60. The van der Waals surface area contributed by atoms with Gasteiger partial charge in [-0.3, -0.25) is 0 Å². The minimum absolute atomic E-state index is 0.0530. The third-order valence-electron chi connectivity index (χ3n) is 13.4. The summed E-state index contributed by atoms with van der Waals surface area (Å²) in [7, 11) is 1.67. The van der Waals surface area contributed by atoms with Crippen LogP contribution in [0.2, 0.25) is 0 Å².